The molecule has 0 unspecified atom stereocenters. The van der Waals surface area contributed by atoms with Crippen molar-refractivity contribution in [2.75, 3.05) is 73.5 Å². The Morgan fingerprint density at radius 2 is 1.19 bits per heavy atom. The molecule has 0 aromatic carbocycles. The fourth-order valence-corrected chi connectivity index (χ4v) is 2.72. The third kappa shape index (κ3) is 19.9. The molecule has 1 heterocycles. The smallest absolute Gasteiger partial charge is 0.303 e. The van der Waals surface area contributed by atoms with E-state index < -0.39 is 5.97 Å². The van der Waals surface area contributed by atoms with Crippen LogP contribution < -0.4 is 10.6 Å². The SMILES string of the molecule is COCCOCCNC(=O)CCC(=O)CN1C(=O)CCC1=O.COCCOCCNC(=O)CCC(=O)O. The van der Waals surface area contributed by atoms with Gasteiger partial charge in [-0.2, -0.15) is 0 Å². The molecule has 0 spiro atoms. The standard InChI is InChI=1S/C14H22N2O6.C9H17NO5/c1-21-8-9-22-7-6-15-12(18)3-2-11(17)10-16-13(19)4-5-14(16)20;1-14-6-7-15-5-4-10-8(11)2-3-9(12)13/h2-10H2,1H3,(H,15,18);2-7H2,1H3,(H,10,11)(H,12,13). The summed E-state index contributed by atoms with van der Waals surface area (Å²) >= 11 is 0. The van der Waals surface area contributed by atoms with Gasteiger partial charge in [-0.15, -0.1) is 0 Å². The Hall–Kier alpha value is -2.94. The van der Waals surface area contributed by atoms with Gasteiger partial charge in [0.1, 0.15) is 0 Å². The van der Waals surface area contributed by atoms with E-state index in [9.17, 15) is 28.8 Å². The molecule has 1 aliphatic heterocycles. The van der Waals surface area contributed by atoms with Crippen molar-refractivity contribution < 1.29 is 52.8 Å². The second-order valence-electron chi connectivity index (χ2n) is 7.72. The molecule has 0 aromatic rings. The van der Waals surface area contributed by atoms with E-state index in [1.54, 1.807) is 14.2 Å². The van der Waals surface area contributed by atoms with E-state index in [-0.39, 0.29) is 74.5 Å². The molecule has 1 aliphatic rings. The van der Waals surface area contributed by atoms with Crippen LogP contribution in [0.3, 0.4) is 0 Å². The van der Waals surface area contributed by atoms with Crippen molar-refractivity contribution in [1.82, 2.24) is 15.5 Å². The summed E-state index contributed by atoms with van der Waals surface area (Å²) in [7, 11) is 3.16. The van der Waals surface area contributed by atoms with Gasteiger partial charge in [0.25, 0.3) is 0 Å². The van der Waals surface area contributed by atoms with E-state index in [4.69, 9.17) is 24.1 Å². The average molecular weight is 534 g/mol. The normalized spacial score (nSPS) is 12.6. The highest BCUT2D eigenvalue weighted by Crippen LogP contribution is 2.11. The lowest BCUT2D eigenvalue weighted by Gasteiger charge is -2.12. The van der Waals surface area contributed by atoms with Gasteiger partial charge in [0.15, 0.2) is 5.78 Å². The Morgan fingerprint density at radius 1 is 0.730 bits per heavy atom. The molecular weight excluding hydrogens is 494 g/mol. The number of carbonyl (C=O) groups excluding carboxylic acids is 5. The number of carboxylic acids is 1. The minimum Gasteiger partial charge on any atom is -0.481 e. The van der Waals surface area contributed by atoms with Crippen molar-refractivity contribution in [3.8, 4) is 0 Å². The number of likely N-dealkylation sites (tertiary alicyclic amines) is 1. The maximum atomic E-state index is 11.7. The molecule has 212 valence electrons. The first-order valence-electron chi connectivity index (χ1n) is 11.9. The Bertz CT molecular complexity index is 715. The molecule has 14 nitrogen and oxygen atoms in total. The van der Waals surface area contributed by atoms with E-state index in [0.29, 0.717) is 52.7 Å². The van der Waals surface area contributed by atoms with Gasteiger partial charge in [-0.3, -0.25) is 33.7 Å². The molecule has 0 bridgehead atoms. The van der Waals surface area contributed by atoms with Gasteiger partial charge in [0, 0.05) is 59.4 Å². The maximum Gasteiger partial charge on any atom is 0.303 e. The van der Waals surface area contributed by atoms with Crippen LogP contribution in [-0.2, 0) is 47.7 Å². The molecule has 1 rings (SSSR count). The van der Waals surface area contributed by atoms with Crippen molar-refractivity contribution in [3.05, 3.63) is 0 Å². The number of Topliss-reactive ketones (excluding diaryl/α,β-unsaturated/α-hetero) is 1. The highest BCUT2D eigenvalue weighted by Gasteiger charge is 2.30. The molecule has 1 saturated heterocycles. The number of nitrogens with zero attached hydrogens (tertiary/aromatic N) is 1. The Kier molecular flexibility index (Phi) is 20.5. The zero-order chi connectivity index (χ0) is 27.9. The quantitative estimate of drug-likeness (QED) is 0.127. The molecule has 1 fully saturated rings. The molecule has 3 N–H and O–H groups in total. The molecular formula is C23H39N3O11. The van der Waals surface area contributed by atoms with E-state index in [1.807, 2.05) is 0 Å². The summed E-state index contributed by atoms with van der Waals surface area (Å²) in [6.45, 7) is 3.27. The van der Waals surface area contributed by atoms with Crippen LogP contribution >= 0.6 is 0 Å². The Balaban J connectivity index is 0.000000757. The molecule has 0 saturated carbocycles. The van der Waals surface area contributed by atoms with E-state index in [2.05, 4.69) is 10.6 Å². The summed E-state index contributed by atoms with van der Waals surface area (Å²) in [4.78, 5) is 68.0. The predicted octanol–water partition coefficient (Wildman–Crippen LogP) is -1.11. The summed E-state index contributed by atoms with van der Waals surface area (Å²) < 4.78 is 19.8. The topological polar surface area (TPSA) is 187 Å². The van der Waals surface area contributed by atoms with Crippen LogP contribution in [0, 0.1) is 0 Å². The second-order valence-corrected chi connectivity index (χ2v) is 7.72. The van der Waals surface area contributed by atoms with Gasteiger partial charge in [-0.25, -0.2) is 0 Å². The van der Waals surface area contributed by atoms with Gasteiger partial charge < -0.3 is 34.7 Å². The summed E-state index contributed by atoms with van der Waals surface area (Å²) in [5, 5.41) is 13.5. The Labute approximate surface area is 216 Å². The Morgan fingerprint density at radius 3 is 1.62 bits per heavy atom. The molecule has 14 heteroatoms. The average Bonchev–Trinajstić information content (AvgIpc) is 3.18. The molecule has 0 atom stereocenters. The summed E-state index contributed by atoms with van der Waals surface area (Å²) in [6, 6.07) is 0. The van der Waals surface area contributed by atoms with Crippen LogP contribution in [0.2, 0.25) is 0 Å². The highest BCUT2D eigenvalue weighted by molar-refractivity contribution is 6.04. The van der Waals surface area contributed by atoms with Crippen LogP contribution in [0.5, 0.6) is 0 Å². The van der Waals surface area contributed by atoms with Crippen LogP contribution in [0.15, 0.2) is 0 Å². The lowest BCUT2D eigenvalue weighted by molar-refractivity contribution is -0.142. The van der Waals surface area contributed by atoms with Gasteiger partial charge in [-0.1, -0.05) is 0 Å². The second kappa shape index (κ2) is 22.3. The third-order valence-corrected chi connectivity index (χ3v) is 4.69. The summed E-state index contributed by atoms with van der Waals surface area (Å²) in [5.74, 6) is -2.45. The number of aliphatic carboxylic acids is 1. The van der Waals surface area contributed by atoms with E-state index in [1.165, 1.54) is 0 Å². The van der Waals surface area contributed by atoms with Crippen LogP contribution in [-0.4, -0.2) is 119 Å². The van der Waals surface area contributed by atoms with Crippen molar-refractivity contribution in [3.63, 3.8) is 0 Å². The predicted molar refractivity (Wildman–Crippen MR) is 128 cm³/mol. The van der Waals surface area contributed by atoms with E-state index in [0.717, 1.165) is 4.90 Å². The molecule has 0 aliphatic carbocycles. The summed E-state index contributed by atoms with van der Waals surface area (Å²) in [5.41, 5.74) is 0. The number of ketones is 1. The molecule has 0 aromatic heterocycles. The lowest BCUT2D eigenvalue weighted by atomic mass is 10.2. The number of hydrogen-bond donors (Lipinski definition) is 3. The maximum absolute atomic E-state index is 11.7. The van der Waals surface area contributed by atoms with Crippen molar-refractivity contribution in [2.45, 2.75) is 38.5 Å². The van der Waals surface area contributed by atoms with Gasteiger partial charge in [0.05, 0.1) is 52.6 Å². The molecule has 37 heavy (non-hydrogen) atoms. The zero-order valence-electron chi connectivity index (χ0n) is 21.6. The molecule has 4 amide bonds. The molecule has 0 radical (unpaired) electrons. The minimum atomic E-state index is -0.971. The van der Waals surface area contributed by atoms with E-state index >= 15 is 0 Å². The first kappa shape index (κ1) is 34.1. The number of carbonyl (C=O) groups is 6. The fraction of sp³-hybridized carbons (Fsp3) is 0.739. The summed E-state index contributed by atoms with van der Waals surface area (Å²) in [6.07, 6.45) is 0.232. The largest absolute Gasteiger partial charge is 0.481 e. The first-order valence-corrected chi connectivity index (χ1v) is 11.9. The van der Waals surface area contributed by atoms with Gasteiger partial charge >= 0.3 is 5.97 Å². The van der Waals surface area contributed by atoms with Crippen molar-refractivity contribution in [1.29, 1.82) is 0 Å². The highest BCUT2D eigenvalue weighted by atomic mass is 16.5. The third-order valence-electron chi connectivity index (χ3n) is 4.69. The number of methoxy groups -OCH3 is 2. The fourth-order valence-electron chi connectivity index (χ4n) is 2.72. The first-order chi connectivity index (χ1) is 17.7. The van der Waals surface area contributed by atoms with Crippen LogP contribution in [0.4, 0.5) is 0 Å². The zero-order valence-corrected chi connectivity index (χ0v) is 21.6. The number of hydrogen-bond acceptors (Lipinski definition) is 10. The van der Waals surface area contributed by atoms with Gasteiger partial charge in [0.2, 0.25) is 23.6 Å². The number of imide groups is 1. The lowest BCUT2D eigenvalue weighted by Crippen LogP contribution is -2.35. The minimum absolute atomic E-state index is 0.00735. The van der Waals surface area contributed by atoms with Crippen LogP contribution in [0.25, 0.3) is 0 Å². The van der Waals surface area contributed by atoms with Crippen molar-refractivity contribution >= 4 is 35.4 Å². The number of carboxylic acid groups (broad SMARTS) is 1. The number of amides is 4. The number of rotatable bonds is 20. The van der Waals surface area contributed by atoms with Crippen LogP contribution in [0.1, 0.15) is 38.5 Å². The number of ether oxygens (including phenoxy) is 4. The number of nitrogens with one attached hydrogen (secondary N) is 2. The van der Waals surface area contributed by atoms with Gasteiger partial charge in [-0.05, 0) is 0 Å². The van der Waals surface area contributed by atoms with Crippen molar-refractivity contribution in [2.24, 2.45) is 0 Å². The monoisotopic (exact) mass is 533 g/mol.